The van der Waals surface area contributed by atoms with E-state index < -0.39 is 0 Å². The van der Waals surface area contributed by atoms with E-state index >= 15 is 0 Å². The van der Waals surface area contributed by atoms with Gasteiger partial charge >= 0.3 is 5.63 Å². The van der Waals surface area contributed by atoms with Crippen LogP contribution < -0.4 is 5.63 Å². The molecule has 0 spiro atoms. The van der Waals surface area contributed by atoms with E-state index in [1.165, 1.54) is 0 Å². The molecule has 0 fully saturated rings. The molecule has 5 rings (SSSR count). The summed E-state index contributed by atoms with van der Waals surface area (Å²) >= 11 is 1.55. The average Bonchev–Trinajstić information content (AvgIpc) is 3.20. The molecule has 3 aromatic carbocycles. The van der Waals surface area contributed by atoms with Crippen LogP contribution in [-0.4, -0.2) is 14.8 Å². The summed E-state index contributed by atoms with van der Waals surface area (Å²) < 4.78 is 7.52. The van der Waals surface area contributed by atoms with Gasteiger partial charge in [-0.25, -0.2) is 4.79 Å². The summed E-state index contributed by atoms with van der Waals surface area (Å²) in [5, 5.41) is 12.7. The zero-order valence-corrected chi connectivity index (χ0v) is 17.5. The molecule has 0 atom stereocenters. The fourth-order valence-corrected chi connectivity index (χ4v) is 4.69. The number of nitrogens with zero attached hydrogens (tertiary/aromatic N) is 3. The summed E-state index contributed by atoms with van der Waals surface area (Å²) in [6.45, 7) is 4.47. The first kappa shape index (κ1) is 19.3. The van der Waals surface area contributed by atoms with Crippen LogP contribution in [0, 0.1) is 0 Å². The van der Waals surface area contributed by atoms with Gasteiger partial charge < -0.3 is 4.42 Å². The number of hydrogen-bond donors (Lipinski definition) is 0. The van der Waals surface area contributed by atoms with Crippen LogP contribution in [0.1, 0.15) is 5.56 Å². The van der Waals surface area contributed by atoms with Crippen LogP contribution in [0.5, 0.6) is 0 Å². The molecule has 0 aliphatic rings. The molecule has 152 valence electrons. The average molecular weight is 426 g/mol. The van der Waals surface area contributed by atoms with Crippen molar-refractivity contribution in [2.45, 2.75) is 17.5 Å². The van der Waals surface area contributed by atoms with Gasteiger partial charge in [-0.05, 0) is 22.4 Å². The zero-order valence-electron chi connectivity index (χ0n) is 16.7. The van der Waals surface area contributed by atoms with Gasteiger partial charge in [0.15, 0.2) is 11.0 Å². The van der Waals surface area contributed by atoms with Gasteiger partial charge in [-0.3, -0.25) is 4.57 Å². The first-order chi connectivity index (χ1) is 15.2. The van der Waals surface area contributed by atoms with Crippen molar-refractivity contribution in [3.8, 4) is 11.4 Å². The van der Waals surface area contributed by atoms with Gasteiger partial charge in [0.2, 0.25) is 0 Å². The normalized spacial score (nSPS) is 11.2. The maximum Gasteiger partial charge on any atom is 0.336 e. The van der Waals surface area contributed by atoms with Crippen LogP contribution in [-0.2, 0) is 12.3 Å². The summed E-state index contributed by atoms with van der Waals surface area (Å²) in [6, 6.07) is 23.5. The molecule has 0 saturated carbocycles. The third-order valence-electron chi connectivity index (χ3n) is 5.13. The number of benzene rings is 3. The van der Waals surface area contributed by atoms with Crippen molar-refractivity contribution in [3.63, 3.8) is 0 Å². The van der Waals surface area contributed by atoms with Crippen LogP contribution in [0.2, 0.25) is 0 Å². The van der Waals surface area contributed by atoms with Crippen molar-refractivity contribution in [1.82, 2.24) is 14.8 Å². The molecule has 0 unspecified atom stereocenters. The Labute approximate surface area is 183 Å². The third kappa shape index (κ3) is 3.66. The molecule has 2 aromatic heterocycles. The Kier molecular flexibility index (Phi) is 5.14. The Bertz CT molecular complexity index is 1450. The highest BCUT2D eigenvalue weighted by atomic mass is 32.2. The molecule has 5 nitrogen and oxygen atoms in total. The molecule has 0 radical (unpaired) electrons. The van der Waals surface area contributed by atoms with Crippen LogP contribution in [0.15, 0.2) is 99.8 Å². The van der Waals surface area contributed by atoms with E-state index in [1.54, 1.807) is 17.8 Å². The summed E-state index contributed by atoms with van der Waals surface area (Å²) in [5.74, 6) is 1.37. The van der Waals surface area contributed by atoms with E-state index in [4.69, 9.17) is 4.42 Å². The highest BCUT2D eigenvalue weighted by Crippen LogP contribution is 2.32. The monoisotopic (exact) mass is 425 g/mol. The number of allylic oxidation sites excluding steroid dienone is 1. The van der Waals surface area contributed by atoms with E-state index in [1.807, 2.05) is 65.2 Å². The summed E-state index contributed by atoms with van der Waals surface area (Å²) in [4.78, 5) is 12.2. The lowest BCUT2D eigenvalue weighted by Gasteiger charge is -2.10. The van der Waals surface area contributed by atoms with Gasteiger partial charge in [0.25, 0.3) is 0 Å². The number of aromatic nitrogens is 3. The standard InChI is InChI=1S/C25H19N3O2S/c1-2-14-28-24(18-9-4-3-5-10-18)26-27-25(28)31-16-19-15-22(29)30-21-13-12-17-8-6-7-11-20(17)23(19)21/h2-13,15H,1,14,16H2. The SMILES string of the molecule is C=CCn1c(SCc2cc(=O)oc3ccc4ccccc4c23)nnc1-c1ccccc1. The topological polar surface area (TPSA) is 60.9 Å². The Morgan fingerprint density at radius 3 is 2.65 bits per heavy atom. The molecule has 6 heteroatoms. The summed E-state index contributed by atoms with van der Waals surface area (Å²) in [5.41, 5.74) is 2.17. The number of thioether (sulfide) groups is 1. The minimum absolute atomic E-state index is 0.351. The van der Waals surface area contributed by atoms with Gasteiger partial charge in [-0.2, -0.15) is 0 Å². The Balaban J connectivity index is 1.56. The lowest BCUT2D eigenvalue weighted by molar-refractivity contribution is 0.560. The van der Waals surface area contributed by atoms with Gasteiger partial charge in [0.1, 0.15) is 5.58 Å². The third-order valence-corrected chi connectivity index (χ3v) is 6.15. The predicted molar refractivity (Wildman–Crippen MR) is 125 cm³/mol. The molecule has 0 amide bonds. The zero-order chi connectivity index (χ0) is 21.2. The van der Waals surface area contributed by atoms with E-state index in [-0.39, 0.29) is 5.63 Å². The highest BCUT2D eigenvalue weighted by molar-refractivity contribution is 7.98. The van der Waals surface area contributed by atoms with E-state index in [0.717, 1.165) is 38.3 Å². The molecular weight excluding hydrogens is 406 g/mol. The first-order valence-electron chi connectivity index (χ1n) is 9.91. The van der Waals surface area contributed by atoms with E-state index in [9.17, 15) is 4.79 Å². The largest absolute Gasteiger partial charge is 0.423 e. The molecule has 0 aliphatic carbocycles. The van der Waals surface area contributed by atoms with Gasteiger partial charge in [0.05, 0.1) is 0 Å². The first-order valence-corrected chi connectivity index (χ1v) is 10.9. The molecule has 31 heavy (non-hydrogen) atoms. The lowest BCUT2D eigenvalue weighted by Crippen LogP contribution is -2.02. The molecule has 0 aliphatic heterocycles. The Morgan fingerprint density at radius 2 is 1.81 bits per heavy atom. The van der Waals surface area contributed by atoms with Crippen LogP contribution in [0.4, 0.5) is 0 Å². The van der Waals surface area contributed by atoms with Crippen molar-refractivity contribution in [3.05, 3.63) is 101 Å². The van der Waals surface area contributed by atoms with Crippen molar-refractivity contribution in [1.29, 1.82) is 0 Å². The van der Waals surface area contributed by atoms with Crippen molar-refractivity contribution in [2.24, 2.45) is 0 Å². The van der Waals surface area contributed by atoms with Crippen LogP contribution in [0.25, 0.3) is 33.1 Å². The van der Waals surface area contributed by atoms with Gasteiger partial charge in [-0.15, -0.1) is 16.8 Å². The smallest absolute Gasteiger partial charge is 0.336 e. The second-order valence-corrected chi connectivity index (χ2v) is 8.05. The number of rotatable bonds is 6. The van der Waals surface area contributed by atoms with E-state index in [0.29, 0.717) is 17.9 Å². The molecule has 5 aromatic rings. The molecule has 0 bridgehead atoms. The van der Waals surface area contributed by atoms with Crippen molar-refractivity contribution >= 4 is 33.5 Å². The van der Waals surface area contributed by atoms with Gasteiger partial charge in [0, 0.05) is 29.3 Å². The second kappa shape index (κ2) is 8.24. The molecule has 0 saturated heterocycles. The maximum absolute atomic E-state index is 12.2. The predicted octanol–water partition coefficient (Wildman–Crippen LogP) is 5.68. The summed E-state index contributed by atoms with van der Waals surface area (Å²) in [6.07, 6.45) is 1.83. The van der Waals surface area contributed by atoms with Crippen LogP contribution >= 0.6 is 11.8 Å². The van der Waals surface area contributed by atoms with Gasteiger partial charge in [-0.1, -0.05) is 78.5 Å². The number of hydrogen-bond acceptors (Lipinski definition) is 5. The van der Waals surface area contributed by atoms with Crippen molar-refractivity contribution in [2.75, 3.05) is 0 Å². The van der Waals surface area contributed by atoms with Crippen LogP contribution in [0.3, 0.4) is 0 Å². The quantitative estimate of drug-likeness (QED) is 0.152. The molecule has 2 heterocycles. The molecule has 0 N–H and O–H groups in total. The number of fused-ring (bicyclic) bond motifs is 3. The van der Waals surface area contributed by atoms with E-state index in [2.05, 4.69) is 28.9 Å². The highest BCUT2D eigenvalue weighted by Gasteiger charge is 2.15. The lowest BCUT2D eigenvalue weighted by atomic mass is 10.0. The summed E-state index contributed by atoms with van der Waals surface area (Å²) in [7, 11) is 0. The van der Waals surface area contributed by atoms with Crippen molar-refractivity contribution < 1.29 is 4.42 Å². The minimum atomic E-state index is -0.351. The second-order valence-electron chi connectivity index (χ2n) is 7.11. The Hall–Kier alpha value is -3.64. The fraction of sp³-hybridized carbons (Fsp3) is 0.0800. The minimum Gasteiger partial charge on any atom is -0.423 e. The fourth-order valence-electron chi connectivity index (χ4n) is 3.77. The Morgan fingerprint density at radius 1 is 1.00 bits per heavy atom. The molecular formula is C25H19N3O2S. The maximum atomic E-state index is 12.2.